The maximum Gasteiger partial charge on any atom is 0.242 e. The summed E-state index contributed by atoms with van der Waals surface area (Å²) in [5, 5.41) is 3.77. The first-order valence-electron chi connectivity index (χ1n) is 11.2. The number of hydrogen-bond donors (Lipinski definition) is 1. The SMILES string of the molecule is Cc1cc(C)cc(CC(=O)N(Cc2ccccc2Cl)C(C)C(=O)NC2CCCCC2)c1. The third-order valence-electron chi connectivity index (χ3n) is 6.05. The maximum atomic E-state index is 13.4. The van der Waals surface area contributed by atoms with Crippen molar-refractivity contribution in [2.45, 2.75) is 77.9 Å². The third-order valence-corrected chi connectivity index (χ3v) is 6.42. The fourth-order valence-electron chi connectivity index (χ4n) is 4.41. The van der Waals surface area contributed by atoms with Crippen molar-refractivity contribution in [1.29, 1.82) is 0 Å². The van der Waals surface area contributed by atoms with E-state index in [1.807, 2.05) is 57.2 Å². The largest absolute Gasteiger partial charge is 0.352 e. The molecule has 0 spiro atoms. The average Bonchev–Trinajstić information content (AvgIpc) is 2.72. The number of carbonyl (C=O) groups excluding carboxylic acids is 2. The molecule has 0 bridgehead atoms. The molecule has 1 N–H and O–H groups in total. The van der Waals surface area contributed by atoms with Gasteiger partial charge in [0.15, 0.2) is 0 Å². The molecule has 2 amide bonds. The predicted molar refractivity (Wildman–Crippen MR) is 126 cm³/mol. The van der Waals surface area contributed by atoms with Gasteiger partial charge in [-0.05, 0) is 50.8 Å². The van der Waals surface area contributed by atoms with E-state index in [1.54, 1.807) is 4.90 Å². The number of benzene rings is 2. The summed E-state index contributed by atoms with van der Waals surface area (Å²) < 4.78 is 0. The van der Waals surface area contributed by atoms with Gasteiger partial charge in [0.1, 0.15) is 6.04 Å². The van der Waals surface area contributed by atoms with Crippen LogP contribution in [-0.4, -0.2) is 28.8 Å². The molecule has 3 rings (SSSR count). The Labute approximate surface area is 191 Å². The summed E-state index contributed by atoms with van der Waals surface area (Å²) in [7, 11) is 0. The number of aryl methyl sites for hydroxylation is 2. The summed E-state index contributed by atoms with van der Waals surface area (Å²) in [6.45, 7) is 6.18. The lowest BCUT2D eigenvalue weighted by Gasteiger charge is -2.31. The van der Waals surface area contributed by atoms with Crippen molar-refractivity contribution in [3.8, 4) is 0 Å². The molecule has 166 valence electrons. The van der Waals surface area contributed by atoms with Crippen molar-refractivity contribution < 1.29 is 9.59 Å². The van der Waals surface area contributed by atoms with Gasteiger partial charge in [-0.25, -0.2) is 0 Å². The highest BCUT2D eigenvalue weighted by atomic mass is 35.5. The zero-order valence-electron chi connectivity index (χ0n) is 18.8. The summed E-state index contributed by atoms with van der Waals surface area (Å²) in [6.07, 6.45) is 5.81. The first-order chi connectivity index (χ1) is 14.8. The topological polar surface area (TPSA) is 49.4 Å². The molecule has 1 unspecified atom stereocenters. The highest BCUT2D eigenvalue weighted by Gasteiger charge is 2.28. The number of amides is 2. The van der Waals surface area contributed by atoms with Gasteiger partial charge in [0.25, 0.3) is 0 Å². The number of rotatable bonds is 7. The summed E-state index contributed by atoms with van der Waals surface area (Å²) in [6, 6.07) is 13.3. The maximum absolute atomic E-state index is 13.4. The molecule has 0 aliphatic heterocycles. The Morgan fingerprint density at radius 3 is 2.35 bits per heavy atom. The molecule has 0 aromatic heterocycles. The van der Waals surface area contributed by atoms with Gasteiger partial charge in [0.05, 0.1) is 6.42 Å². The standard InChI is InChI=1S/C26H33ClN2O2/c1-18-13-19(2)15-21(14-18)16-25(30)29(17-22-9-7-8-12-24(22)27)20(3)26(31)28-23-10-5-4-6-11-23/h7-9,12-15,20,23H,4-6,10-11,16-17H2,1-3H3,(H,28,31). The summed E-state index contributed by atoms with van der Waals surface area (Å²) in [4.78, 5) is 28.1. The van der Waals surface area contributed by atoms with Gasteiger partial charge in [-0.1, -0.05) is 78.4 Å². The van der Waals surface area contributed by atoms with Gasteiger partial charge in [-0.3, -0.25) is 9.59 Å². The average molecular weight is 441 g/mol. The van der Waals surface area contributed by atoms with Crippen molar-refractivity contribution in [3.63, 3.8) is 0 Å². The number of nitrogens with one attached hydrogen (secondary N) is 1. The van der Waals surface area contributed by atoms with Crippen molar-refractivity contribution in [2.75, 3.05) is 0 Å². The van der Waals surface area contributed by atoms with Gasteiger partial charge in [0, 0.05) is 17.6 Å². The second kappa shape index (κ2) is 10.8. The van der Waals surface area contributed by atoms with Crippen LogP contribution in [0.2, 0.25) is 5.02 Å². The molecule has 1 atom stereocenters. The van der Waals surface area contributed by atoms with Crippen LogP contribution in [0.4, 0.5) is 0 Å². The minimum atomic E-state index is -0.573. The van der Waals surface area contributed by atoms with Crippen LogP contribution in [0.1, 0.15) is 61.3 Å². The number of hydrogen-bond acceptors (Lipinski definition) is 2. The zero-order chi connectivity index (χ0) is 22.4. The Hall–Kier alpha value is -2.33. The molecule has 2 aromatic carbocycles. The molecule has 1 saturated carbocycles. The van der Waals surface area contributed by atoms with Crippen LogP contribution in [0, 0.1) is 13.8 Å². The first kappa shape index (κ1) is 23.3. The summed E-state index contributed by atoms with van der Waals surface area (Å²) in [5.41, 5.74) is 4.06. The molecule has 4 nitrogen and oxygen atoms in total. The minimum absolute atomic E-state index is 0.0730. The lowest BCUT2D eigenvalue weighted by atomic mass is 9.95. The second-order valence-electron chi connectivity index (χ2n) is 8.81. The van der Waals surface area contributed by atoms with E-state index >= 15 is 0 Å². The second-order valence-corrected chi connectivity index (χ2v) is 9.21. The van der Waals surface area contributed by atoms with Crippen molar-refractivity contribution in [2.24, 2.45) is 0 Å². The molecular formula is C26H33ClN2O2. The first-order valence-corrected chi connectivity index (χ1v) is 11.6. The normalized spacial score (nSPS) is 15.4. The van der Waals surface area contributed by atoms with Crippen molar-refractivity contribution in [1.82, 2.24) is 10.2 Å². The van der Waals surface area contributed by atoms with Crippen molar-refractivity contribution >= 4 is 23.4 Å². The zero-order valence-corrected chi connectivity index (χ0v) is 19.5. The number of carbonyl (C=O) groups is 2. The minimum Gasteiger partial charge on any atom is -0.352 e. The van der Waals surface area contributed by atoms with Crippen LogP contribution in [0.3, 0.4) is 0 Å². The molecule has 2 aromatic rings. The molecule has 5 heteroatoms. The lowest BCUT2D eigenvalue weighted by Crippen LogP contribution is -2.50. The van der Waals surface area contributed by atoms with Crippen LogP contribution in [-0.2, 0) is 22.6 Å². The van der Waals surface area contributed by atoms with E-state index in [0.29, 0.717) is 11.6 Å². The molecule has 0 saturated heterocycles. The van der Waals surface area contributed by atoms with E-state index in [2.05, 4.69) is 11.4 Å². The van der Waals surface area contributed by atoms with Gasteiger partial charge >= 0.3 is 0 Å². The van der Waals surface area contributed by atoms with Crippen molar-refractivity contribution in [3.05, 3.63) is 69.7 Å². The highest BCUT2D eigenvalue weighted by Crippen LogP contribution is 2.21. The van der Waals surface area contributed by atoms with Gasteiger partial charge in [-0.15, -0.1) is 0 Å². The lowest BCUT2D eigenvalue weighted by molar-refractivity contribution is -0.140. The Bertz CT molecular complexity index is 901. The van der Waals surface area contributed by atoms with E-state index < -0.39 is 6.04 Å². The predicted octanol–water partition coefficient (Wildman–Crippen LogP) is 5.37. The van der Waals surface area contributed by atoms with Crippen LogP contribution in [0.25, 0.3) is 0 Å². The molecule has 31 heavy (non-hydrogen) atoms. The third kappa shape index (κ3) is 6.57. The monoisotopic (exact) mass is 440 g/mol. The molecular weight excluding hydrogens is 408 g/mol. The summed E-state index contributed by atoms with van der Waals surface area (Å²) in [5.74, 6) is -0.163. The van der Waals surface area contributed by atoms with E-state index in [1.165, 1.54) is 6.42 Å². The molecule has 1 aliphatic rings. The van der Waals surface area contributed by atoms with E-state index in [-0.39, 0.29) is 24.3 Å². The van der Waals surface area contributed by atoms with E-state index in [0.717, 1.165) is 47.9 Å². The van der Waals surface area contributed by atoms with Gasteiger partial charge in [0.2, 0.25) is 11.8 Å². The summed E-state index contributed by atoms with van der Waals surface area (Å²) >= 11 is 6.38. The highest BCUT2D eigenvalue weighted by molar-refractivity contribution is 6.31. The number of nitrogens with zero attached hydrogens (tertiary/aromatic N) is 1. The fraction of sp³-hybridized carbons (Fsp3) is 0.462. The van der Waals surface area contributed by atoms with Crippen LogP contribution in [0.15, 0.2) is 42.5 Å². The fourth-order valence-corrected chi connectivity index (χ4v) is 4.60. The Kier molecular flexibility index (Phi) is 8.14. The molecule has 0 radical (unpaired) electrons. The van der Waals surface area contributed by atoms with Gasteiger partial charge < -0.3 is 10.2 Å². The number of halogens is 1. The van der Waals surface area contributed by atoms with E-state index in [4.69, 9.17) is 11.6 Å². The smallest absolute Gasteiger partial charge is 0.242 e. The van der Waals surface area contributed by atoms with E-state index in [9.17, 15) is 9.59 Å². The Morgan fingerprint density at radius 2 is 1.71 bits per heavy atom. The van der Waals surface area contributed by atoms with Crippen LogP contribution < -0.4 is 5.32 Å². The van der Waals surface area contributed by atoms with Crippen LogP contribution >= 0.6 is 11.6 Å². The Balaban J connectivity index is 1.79. The van der Waals surface area contributed by atoms with Gasteiger partial charge in [-0.2, -0.15) is 0 Å². The Morgan fingerprint density at radius 1 is 1.06 bits per heavy atom. The molecule has 1 aliphatic carbocycles. The molecule has 1 fully saturated rings. The quantitative estimate of drug-likeness (QED) is 0.629. The molecule has 0 heterocycles. The van der Waals surface area contributed by atoms with Crippen LogP contribution in [0.5, 0.6) is 0 Å².